The molecule has 1 aliphatic heterocycles. The Balaban J connectivity index is 1.92. The second kappa shape index (κ2) is 8.74. The molecule has 4 nitrogen and oxygen atoms in total. The zero-order valence-electron chi connectivity index (χ0n) is 17.8. The van der Waals surface area contributed by atoms with Crippen molar-refractivity contribution < 1.29 is 14.3 Å². The van der Waals surface area contributed by atoms with E-state index >= 15 is 0 Å². The van der Waals surface area contributed by atoms with E-state index < -0.39 is 0 Å². The van der Waals surface area contributed by atoms with Gasteiger partial charge in [0.2, 0.25) is 5.91 Å². The van der Waals surface area contributed by atoms with Gasteiger partial charge in [-0.3, -0.25) is 4.79 Å². The molecule has 28 heavy (non-hydrogen) atoms. The van der Waals surface area contributed by atoms with E-state index in [0.29, 0.717) is 24.2 Å². The van der Waals surface area contributed by atoms with Crippen LogP contribution < -0.4 is 10.1 Å². The highest BCUT2D eigenvalue weighted by molar-refractivity contribution is 9.10. The largest absolute Gasteiger partial charge is 0.496 e. The number of rotatable bonds is 5. The minimum atomic E-state index is -0.271. The quantitative estimate of drug-likeness (QED) is 0.629. The summed E-state index contributed by atoms with van der Waals surface area (Å²) in [7, 11) is 1.70. The van der Waals surface area contributed by atoms with Gasteiger partial charge in [-0.1, -0.05) is 43.1 Å². The SMILES string of the molecule is COc1ccc(Br)cc1[C@@H]1C[C@](C)(NC(=O)CC(C)C)[C@H]2CC[C@H](C)C[C@@H]2O1. The summed E-state index contributed by atoms with van der Waals surface area (Å²) < 4.78 is 13.3. The van der Waals surface area contributed by atoms with Crippen molar-refractivity contribution in [1.82, 2.24) is 5.32 Å². The molecule has 0 unspecified atom stereocenters. The van der Waals surface area contributed by atoms with Crippen molar-refractivity contribution >= 4 is 21.8 Å². The lowest BCUT2D eigenvalue weighted by molar-refractivity contribution is -0.154. The minimum absolute atomic E-state index is 0.0941. The first-order chi connectivity index (χ1) is 13.2. The summed E-state index contributed by atoms with van der Waals surface area (Å²) in [5.74, 6) is 2.35. The molecule has 0 radical (unpaired) electrons. The molecule has 5 heteroatoms. The van der Waals surface area contributed by atoms with Crippen molar-refractivity contribution in [1.29, 1.82) is 0 Å². The van der Waals surface area contributed by atoms with Crippen molar-refractivity contribution in [2.24, 2.45) is 17.8 Å². The van der Waals surface area contributed by atoms with E-state index in [1.54, 1.807) is 7.11 Å². The molecule has 0 aromatic heterocycles. The summed E-state index contributed by atoms with van der Waals surface area (Å²) in [5.41, 5.74) is 0.783. The maximum atomic E-state index is 12.7. The van der Waals surface area contributed by atoms with Gasteiger partial charge >= 0.3 is 0 Å². The highest BCUT2D eigenvalue weighted by atomic mass is 79.9. The standard InChI is InChI=1S/C23H34BrNO3/c1-14(2)10-22(26)25-23(4)13-21(17-12-16(24)7-9-19(17)27-5)28-20-11-15(3)6-8-18(20)23/h7,9,12,14-15,18,20-21H,6,8,10-11,13H2,1-5H3,(H,25,26)/t15-,18-,20-,21-,23-/m0/s1. The number of nitrogens with one attached hydrogen (secondary N) is 1. The van der Waals surface area contributed by atoms with Crippen LogP contribution >= 0.6 is 15.9 Å². The lowest BCUT2D eigenvalue weighted by atomic mass is 9.66. The Labute approximate surface area is 177 Å². The summed E-state index contributed by atoms with van der Waals surface area (Å²) in [5, 5.41) is 3.42. The zero-order chi connectivity index (χ0) is 20.5. The Kier molecular flexibility index (Phi) is 6.76. The molecule has 0 spiro atoms. The molecule has 5 atom stereocenters. The third kappa shape index (κ3) is 4.73. The van der Waals surface area contributed by atoms with Crippen molar-refractivity contribution in [2.45, 2.75) is 77.5 Å². The number of amides is 1. The van der Waals surface area contributed by atoms with E-state index in [9.17, 15) is 4.79 Å². The van der Waals surface area contributed by atoms with E-state index in [-0.39, 0.29) is 23.7 Å². The van der Waals surface area contributed by atoms with Crippen LogP contribution in [0.25, 0.3) is 0 Å². The maximum absolute atomic E-state index is 12.7. The lowest BCUT2D eigenvalue weighted by Crippen LogP contribution is -2.60. The van der Waals surface area contributed by atoms with E-state index in [1.807, 2.05) is 12.1 Å². The van der Waals surface area contributed by atoms with E-state index in [2.05, 4.69) is 55.0 Å². The fourth-order valence-electron chi connectivity index (χ4n) is 5.03. The highest BCUT2D eigenvalue weighted by Gasteiger charge is 2.49. The Bertz CT molecular complexity index is 707. The van der Waals surface area contributed by atoms with Crippen LogP contribution in [0.4, 0.5) is 0 Å². The Morgan fingerprint density at radius 2 is 2.14 bits per heavy atom. The van der Waals surface area contributed by atoms with Gasteiger partial charge in [0.1, 0.15) is 5.75 Å². The predicted molar refractivity (Wildman–Crippen MR) is 115 cm³/mol. The van der Waals surface area contributed by atoms with Gasteiger partial charge in [0.15, 0.2) is 0 Å². The van der Waals surface area contributed by atoms with Gasteiger partial charge in [0, 0.05) is 34.3 Å². The van der Waals surface area contributed by atoms with Crippen LogP contribution in [-0.4, -0.2) is 24.7 Å². The average molecular weight is 452 g/mol. The number of fused-ring (bicyclic) bond motifs is 1. The van der Waals surface area contributed by atoms with Crippen LogP contribution in [0, 0.1) is 17.8 Å². The smallest absolute Gasteiger partial charge is 0.220 e. The normalized spacial score (nSPS) is 32.7. The topological polar surface area (TPSA) is 47.6 Å². The molecule has 2 aliphatic rings. The molecule has 1 aromatic carbocycles. The average Bonchev–Trinajstić information content (AvgIpc) is 2.60. The van der Waals surface area contributed by atoms with Gasteiger partial charge in [-0.25, -0.2) is 0 Å². The number of hydrogen-bond donors (Lipinski definition) is 1. The molecule has 1 saturated heterocycles. The first kappa shape index (κ1) is 21.6. The molecule has 1 heterocycles. The van der Waals surface area contributed by atoms with Crippen molar-refractivity contribution in [2.75, 3.05) is 7.11 Å². The van der Waals surface area contributed by atoms with Crippen LogP contribution in [0.1, 0.15) is 71.5 Å². The second-order valence-corrected chi connectivity index (χ2v) is 10.3. The number of ether oxygens (including phenoxy) is 2. The summed E-state index contributed by atoms with van der Waals surface area (Å²) in [6.45, 7) is 8.70. The summed E-state index contributed by atoms with van der Waals surface area (Å²) in [6.07, 6.45) is 4.75. The van der Waals surface area contributed by atoms with Crippen molar-refractivity contribution in [3.63, 3.8) is 0 Å². The van der Waals surface area contributed by atoms with E-state index in [1.165, 1.54) is 6.42 Å². The third-order valence-corrected chi connectivity index (χ3v) is 6.87. The molecule has 1 amide bonds. The number of carbonyl (C=O) groups is 1. The third-order valence-electron chi connectivity index (χ3n) is 6.38. The van der Waals surface area contributed by atoms with E-state index in [4.69, 9.17) is 9.47 Å². The van der Waals surface area contributed by atoms with Gasteiger partial charge < -0.3 is 14.8 Å². The molecule has 1 aliphatic carbocycles. The number of carbonyl (C=O) groups excluding carboxylic acids is 1. The highest BCUT2D eigenvalue weighted by Crippen LogP contribution is 2.49. The Morgan fingerprint density at radius 3 is 2.82 bits per heavy atom. The molecule has 2 fully saturated rings. The molecule has 1 N–H and O–H groups in total. The Hall–Kier alpha value is -1.07. The fourth-order valence-corrected chi connectivity index (χ4v) is 5.41. The Morgan fingerprint density at radius 1 is 1.39 bits per heavy atom. The number of hydrogen-bond acceptors (Lipinski definition) is 3. The van der Waals surface area contributed by atoms with Gasteiger partial charge in [0.05, 0.1) is 19.3 Å². The van der Waals surface area contributed by atoms with Crippen LogP contribution in [0.15, 0.2) is 22.7 Å². The lowest BCUT2D eigenvalue weighted by Gasteiger charge is -2.52. The maximum Gasteiger partial charge on any atom is 0.220 e. The molecule has 1 aromatic rings. The number of methoxy groups -OCH3 is 1. The van der Waals surface area contributed by atoms with Gasteiger partial charge in [-0.05, 0) is 49.8 Å². The second-order valence-electron chi connectivity index (χ2n) is 9.34. The van der Waals surface area contributed by atoms with Gasteiger partial charge in [0.25, 0.3) is 0 Å². The summed E-state index contributed by atoms with van der Waals surface area (Å²) >= 11 is 3.59. The first-order valence-electron chi connectivity index (χ1n) is 10.5. The van der Waals surface area contributed by atoms with Crippen LogP contribution in [0.5, 0.6) is 5.75 Å². The van der Waals surface area contributed by atoms with Crippen molar-refractivity contribution in [3.05, 3.63) is 28.2 Å². The number of halogens is 1. The van der Waals surface area contributed by atoms with Gasteiger partial charge in [-0.2, -0.15) is 0 Å². The first-order valence-corrected chi connectivity index (χ1v) is 11.3. The predicted octanol–water partition coefficient (Wildman–Crippen LogP) is 5.64. The van der Waals surface area contributed by atoms with Crippen LogP contribution in [0.2, 0.25) is 0 Å². The van der Waals surface area contributed by atoms with Crippen LogP contribution in [0.3, 0.4) is 0 Å². The van der Waals surface area contributed by atoms with Crippen molar-refractivity contribution in [3.8, 4) is 5.75 Å². The summed E-state index contributed by atoms with van der Waals surface area (Å²) in [6, 6.07) is 6.06. The molecule has 1 saturated carbocycles. The monoisotopic (exact) mass is 451 g/mol. The molecule has 0 bridgehead atoms. The molecular weight excluding hydrogens is 418 g/mol. The summed E-state index contributed by atoms with van der Waals surface area (Å²) in [4.78, 5) is 12.7. The van der Waals surface area contributed by atoms with Gasteiger partial charge in [-0.15, -0.1) is 0 Å². The molecule has 3 rings (SSSR count). The van der Waals surface area contributed by atoms with Crippen LogP contribution in [-0.2, 0) is 9.53 Å². The zero-order valence-corrected chi connectivity index (χ0v) is 19.3. The van der Waals surface area contributed by atoms with E-state index in [0.717, 1.165) is 35.0 Å². The fraction of sp³-hybridized carbons (Fsp3) is 0.696. The molecular formula is C23H34BrNO3. The molecule has 156 valence electrons. The minimum Gasteiger partial charge on any atom is -0.496 e. The number of benzene rings is 1.